The molecule has 1 aromatic carbocycles. The molecule has 0 N–H and O–H groups in total. The third kappa shape index (κ3) is 3.75. The van der Waals surface area contributed by atoms with Gasteiger partial charge in [0, 0.05) is 41.1 Å². The second-order valence-electron chi connectivity index (χ2n) is 4.99. The molecule has 2 aromatic heterocycles. The van der Waals surface area contributed by atoms with Gasteiger partial charge in [0.05, 0.1) is 18.3 Å². The van der Waals surface area contributed by atoms with Crippen LogP contribution in [0.5, 0.6) is 0 Å². The van der Waals surface area contributed by atoms with E-state index in [2.05, 4.69) is 9.97 Å². The van der Waals surface area contributed by atoms with Crippen LogP contribution in [0.4, 0.5) is 11.4 Å². The summed E-state index contributed by atoms with van der Waals surface area (Å²) in [6, 6.07) is 9.18. The highest BCUT2D eigenvalue weighted by Gasteiger charge is 2.13. The number of rotatable bonds is 5. The Morgan fingerprint density at radius 1 is 1.26 bits per heavy atom. The number of benzene rings is 1. The maximum Gasteiger partial charge on any atom is 0.169 e. The molecule has 0 spiro atoms. The molecule has 0 aliphatic rings. The highest BCUT2D eigenvalue weighted by atomic mass is 35.5. The highest BCUT2D eigenvalue weighted by molar-refractivity contribution is 7.09. The maximum absolute atomic E-state index is 12.5. The van der Waals surface area contributed by atoms with Crippen LogP contribution in [0.3, 0.4) is 0 Å². The normalized spacial score (nSPS) is 10.5. The fraction of sp³-hybridized carbons (Fsp3) is 0.118. The van der Waals surface area contributed by atoms with E-state index in [1.165, 1.54) is 11.3 Å². The first-order valence-electron chi connectivity index (χ1n) is 6.99. The van der Waals surface area contributed by atoms with Crippen molar-refractivity contribution in [1.82, 2.24) is 9.97 Å². The monoisotopic (exact) mass is 343 g/mol. The number of hydrogen-bond acceptors (Lipinski definition) is 5. The number of nitrogens with zero attached hydrogens (tertiary/aromatic N) is 3. The number of anilines is 2. The summed E-state index contributed by atoms with van der Waals surface area (Å²) in [5.74, 6) is 0.00304. The maximum atomic E-state index is 12.5. The first-order chi connectivity index (χ1) is 11.1. The molecule has 6 heteroatoms. The van der Waals surface area contributed by atoms with E-state index >= 15 is 0 Å². The fourth-order valence-electron chi connectivity index (χ4n) is 2.21. The molecule has 0 saturated heterocycles. The number of carbonyl (C=O) groups excluding carboxylic acids is 1. The molecule has 3 rings (SSSR count). The van der Waals surface area contributed by atoms with Crippen molar-refractivity contribution in [2.75, 3.05) is 11.9 Å². The Bertz CT molecular complexity index is 806. The number of hydrogen-bond donors (Lipinski definition) is 0. The Morgan fingerprint density at radius 2 is 2.13 bits per heavy atom. The summed E-state index contributed by atoms with van der Waals surface area (Å²) in [4.78, 5) is 22.7. The van der Waals surface area contributed by atoms with Gasteiger partial charge >= 0.3 is 0 Å². The average Bonchev–Trinajstić information content (AvgIpc) is 3.07. The Hall–Kier alpha value is -2.24. The average molecular weight is 344 g/mol. The van der Waals surface area contributed by atoms with Crippen molar-refractivity contribution in [3.05, 3.63) is 69.9 Å². The minimum absolute atomic E-state index is 0.00304. The molecule has 0 fully saturated rings. The third-order valence-corrected chi connectivity index (χ3v) is 4.42. The second kappa shape index (κ2) is 6.89. The minimum atomic E-state index is 0.00304. The molecule has 116 valence electrons. The molecule has 0 radical (unpaired) electrons. The summed E-state index contributed by atoms with van der Waals surface area (Å²) >= 11 is 7.67. The lowest BCUT2D eigenvalue weighted by atomic mass is 10.1. The van der Waals surface area contributed by atoms with Crippen molar-refractivity contribution in [2.45, 2.75) is 6.42 Å². The molecule has 0 aliphatic carbocycles. The van der Waals surface area contributed by atoms with E-state index in [0.717, 1.165) is 16.4 Å². The van der Waals surface area contributed by atoms with E-state index in [4.69, 9.17) is 11.6 Å². The summed E-state index contributed by atoms with van der Waals surface area (Å²) in [7, 11) is 1.91. The van der Waals surface area contributed by atoms with Crippen LogP contribution in [-0.2, 0) is 6.42 Å². The Labute approximate surface area is 143 Å². The number of thiazole rings is 1. The van der Waals surface area contributed by atoms with Crippen LogP contribution < -0.4 is 4.90 Å². The molecule has 23 heavy (non-hydrogen) atoms. The van der Waals surface area contributed by atoms with E-state index in [1.807, 2.05) is 41.6 Å². The fourth-order valence-corrected chi connectivity index (χ4v) is 3.05. The molecule has 4 nitrogen and oxygen atoms in total. The SMILES string of the molecule is CN(c1cccnc1)c1cc(Cl)cc(C(=O)Cc2nccs2)c1. The van der Waals surface area contributed by atoms with Crippen molar-refractivity contribution < 1.29 is 4.79 Å². The predicted octanol–water partition coefficient (Wildman–Crippen LogP) is 4.38. The predicted molar refractivity (Wildman–Crippen MR) is 93.9 cm³/mol. The minimum Gasteiger partial charge on any atom is -0.343 e. The van der Waals surface area contributed by atoms with Gasteiger partial charge in [-0.15, -0.1) is 11.3 Å². The second-order valence-corrected chi connectivity index (χ2v) is 6.41. The molecular formula is C17H14ClN3OS. The van der Waals surface area contributed by atoms with Gasteiger partial charge in [0.1, 0.15) is 5.01 Å². The zero-order valence-corrected chi connectivity index (χ0v) is 14.0. The van der Waals surface area contributed by atoms with E-state index < -0.39 is 0 Å². The Kier molecular flexibility index (Phi) is 4.69. The van der Waals surface area contributed by atoms with Gasteiger partial charge in [-0.05, 0) is 30.3 Å². The first kappa shape index (κ1) is 15.6. The van der Waals surface area contributed by atoms with Gasteiger partial charge in [0.15, 0.2) is 5.78 Å². The van der Waals surface area contributed by atoms with E-state index in [1.54, 1.807) is 24.7 Å². The van der Waals surface area contributed by atoms with E-state index in [0.29, 0.717) is 10.6 Å². The van der Waals surface area contributed by atoms with Crippen LogP contribution in [0.1, 0.15) is 15.4 Å². The first-order valence-corrected chi connectivity index (χ1v) is 8.25. The Balaban J connectivity index is 1.88. The molecule has 3 aromatic rings. The van der Waals surface area contributed by atoms with Crippen LogP contribution in [-0.4, -0.2) is 22.8 Å². The molecule has 0 saturated carbocycles. The van der Waals surface area contributed by atoms with Crippen LogP contribution in [0.15, 0.2) is 54.3 Å². The van der Waals surface area contributed by atoms with Crippen LogP contribution >= 0.6 is 22.9 Å². The van der Waals surface area contributed by atoms with Crippen molar-refractivity contribution >= 4 is 40.1 Å². The molecule has 0 unspecified atom stereocenters. The topological polar surface area (TPSA) is 46.1 Å². The van der Waals surface area contributed by atoms with Crippen LogP contribution in [0.25, 0.3) is 0 Å². The quantitative estimate of drug-likeness (QED) is 0.645. The van der Waals surface area contributed by atoms with E-state index in [9.17, 15) is 4.79 Å². The number of aromatic nitrogens is 2. The van der Waals surface area contributed by atoms with Gasteiger partial charge in [-0.2, -0.15) is 0 Å². The number of pyridine rings is 1. The lowest BCUT2D eigenvalue weighted by molar-refractivity contribution is 0.0993. The van der Waals surface area contributed by atoms with Gasteiger partial charge in [0.2, 0.25) is 0 Å². The summed E-state index contributed by atoms with van der Waals surface area (Å²) < 4.78 is 0. The molecule has 0 amide bonds. The number of ketones is 1. The van der Waals surface area contributed by atoms with Gasteiger partial charge < -0.3 is 4.90 Å². The van der Waals surface area contributed by atoms with Crippen molar-refractivity contribution in [3.8, 4) is 0 Å². The summed E-state index contributed by atoms with van der Waals surface area (Å²) in [6.07, 6.45) is 5.47. The van der Waals surface area contributed by atoms with Gasteiger partial charge in [-0.25, -0.2) is 4.98 Å². The van der Waals surface area contributed by atoms with Gasteiger partial charge in [0.25, 0.3) is 0 Å². The van der Waals surface area contributed by atoms with Gasteiger partial charge in [-0.1, -0.05) is 11.6 Å². The molecule has 0 bridgehead atoms. The van der Waals surface area contributed by atoms with Crippen LogP contribution in [0, 0.1) is 0 Å². The van der Waals surface area contributed by atoms with Crippen molar-refractivity contribution in [3.63, 3.8) is 0 Å². The third-order valence-electron chi connectivity index (χ3n) is 3.42. The van der Waals surface area contributed by atoms with Crippen molar-refractivity contribution in [2.24, 2.45) is 0 Å². The van der Waals surface area contributed by atoms with Crippen LogP contribution in [0.2, 0.25) is 5.02 Å². The van der Waals surface area contributed by atoms with Crippen molar-refractivity contribution in [1.29, 1.82) is 0 Å². The lowest BCUT2D eigenvalue weighted by Gasteiger charge is -2.20. The zero-order valence-electron chi connectivity index (χ0n) is 12.4. The molecular weight excluding hydrogens is 330 g/mol. The summed E-state index contributed by atoms with van der Waals surface area (Å²) in [5.41, 5.74) is 2.35. The number of Topliss-reactive ketones (excluding diaryl/α,β-unsaturated/α-hetero) is 1. The van der Waals surface area contributed by atoms with E-state index in [-0.39, 0.29) is 12.2 Å². The highest BCUT2D eigenvalue weighted by Crippen LogP contribution is 2.27. The molecule has 0 aliphatic heterocycles. The zero-order chi connectivity index (χ0) is 16.2. The standard InChI is InChI=1S/C17H14ClN3OS/c1-21(14-3-2-4-19-11-14)15-8-12(7-13(18)9-15)16(22)10-17-20-5-6-23-17/h2-9,11H,10H2,1H3. The Morgan fingerprint density at radius 3 is 2.83 bits per heavy atom. The summed E-state index contributed by atoms with van der Waals surface area (Å²) in [5, 5.41) is 3.19. The smallest absolute Gasteiger partial charge is 0.169 e. The summed E-state index contributed by atoms with van der Waals surface area (Å²) in [6.45, 7) is 0. The molecule has 0 atom stereocenters. The number of halogens is 1. The number of carbonyl (C=O) groups is 1. The lowest BCUT2D eigenvalue weighted by Crippen LogP contribution is -2.11. The van der Waals surface area contributed by atoms with Gasteiger partial charge in [-0.3, -0.25) is 9.78 Å². The largest absolute Gasteiger partial charge is 0.343 e. The molecule has 2 heterocycles.